The lowest BCUT2D eigenvalue weighted by molar-refractivity contribution is -0.274. The summed E-state index contributed by atoms with van der Waals surface area (Å²) in [6, 6.07) is 5.90. The molecule has 118 valence electrons. The third-order valence-electron chi connectivity index (χ3n) is 2.59. The minimum atomic E-state index is -4.91. The molecule has 0 aliphatic heterocycles. The lowest BCUT2D eigenvalue weighted by Gasteiger charge is -2.10. The first kappa shape index (κ1) is 15.9. The number of aromatic amines is 1. The van der Waals surface area contributed by atoms with Gasteiger partial charge in [-0.3, -0.25) is 4.79 Å². The number of hydrogen-bond donors (Lipinski definition) is 1. The Morgan fingerprint density at radius 2 is 1.64 bits per heavy atom. The molecule has 1 N–H and O–H groups in total. The third kappa shape index (κ3) is 3.80. The average molecular weight is 323 g/mol. The van der Waals surface area contributed by atoms with E-state index in [4.69, 9.17) is 0 Å². The van der Waals surface area contributed by atoms with Crippen LogP contribution in [0.3, 0.4) is 0 Å². The summed E-state index contributed by atoms with van der Waals surface area (Å²) in [5, 5.41) is 0. The largest absolute Gasteiger partial charge is 0.573 e. The molecule has 9 heteroatoms. The van der Waals surface area contributed by atoms with Gasteiger partial charge in [0.05, 0.1) is 0 Å². The number of halogens is 6. The quantitative estimate of drug-likeness (QED) is 0.850. The highest BCUT2D eigenvalue weighted by Crippen LogP contribution is 2.29. The van der Waals surface area contributed by atoms with Crippen molar-refractivity contribution in [1.29, 1.82) is 0 Å². The van der Waals surface area contributed by atoms with Crippen LogP contribution < -0.4 is 10.3 Å². The fraction of sp³-hybridized carbons (Fsp3) is 0.154. The fourth-order valence-electron chi connectivity index (χ4n) is 1.73. The van der Waals surface area contributed by atoms with Gasteiger partial charge in [-0.25, -0.2) is 0 Å². The highest BCUT2D eigenvalue weighted by molar-refractivity contribution is 5.64. The smallest absolute Gasteiger partial charge is 0.406 e. The van der Waals surface area contributed by atoms with E-state index in [2.05, 4.69) is 4.74 Å². The molecule has 22 heavy (non-hydrogen) atoms. The molecule has 0 aliphatic rings. The van der Waals surface area contributed by atoms with Gasteiger partial charge in [0.2, 0.25) is 0 Å². The van der Waals surface area contributed by atoms with Crippen molar-refractivity contribution in [2.24, 2.45) is 0 Å². The average Bonchev–Trinajstić information content (AvgIpc) is 2.35. The second-order valence-corrected chi connectivity index (χ2v) is 4.19. The van der Waals surface area contributed by atoms with E-state index in [1.54, 1.807) is 4.98 Å². The van der Waals surface area contributed by atoms with Gasteiger partial charge in [0.25, 0.3) is 5.56 Å². The van der Waals surface area contributed by atoms with Crippen molar-refractivity contribution < 1.29 is 31.1 Å². The van der Waals surface area contributed by atoms with Gasteiger partial charge < -0.3 is 9.72 Å². The fourth-order valence-corrected chi connectivity index (χ4v) is 1.73. The molecule has 1 aromatic heterocycles. The zero-order chi connectivity index (χ0) is 16.5. The molecule has 0 atom stereocenters. The second kappa shape index (κ2) is 5.39. The Kier molecular flexibility index (Phi) is 3.90. The molecular weight excluding hydrogens is 316 g/mol. The summed E-state index contributed by atoms with van der Waals surface area (Å²) >= 11 is 0. The maximum atomic E-state index is 12.4. The predicted octanol–water partition coefficient (Wildman–Crippen LogP) is 3.96. The van der Waals surface area contributed by atoms with Crippen LogP contribution in [-0.2, 0) is 6.18 Å². The van der Waals surface area contributed by atoms with Crippen LogP contribution in [0.15, 0.2) is 41.2 Å². The van der Waals surface area contributed by atoms with Gasteiger partial charge in [0, 0.05) is 5.56 Å². The standard InChI is InChI=1S/C13H7F6NO2/c14-12(15,16)10-5-4-9(11(21)20-10)7-2-1-3-8(6-7)22-13(17,18)19/h1-6H,(H,20,21). The Balaban J connectivity index is 2.41. The molecule has 0 bridgehead atoms. The van der Waals surface area contributed by atoms with Crippen molar-refractivity contribution in [3.63, 3.8) is 0 Å². The number of benzene rings is 1. The number of H-pyrrole nitrogens is 1. The number of ether oxygens (including phenoxy) is 1. The van der Waals surface area contributed by atoms with Gasteiger partial charge in [-0.05, 0) is 29.8 Å². The Labute approximate surface area is 119 Å². The van der Waals surface area contributed by atoms with Crippen LogP contribution in [0, 0.1) is 0 Å². The summed E-state index contributed by atoms with van der Waals surface area (Å²) in [6.45, 7) is 0. The van der Waals surface area contributed by atoms with E-state index in [1.807, 2.05) is 0 Å². The minimum Gasteiger partial charge on any atom is -0.406 e. The van der Waals surface area contributed by atoms with Gasteiger partial charge in [0.1, 0.15) is 11.4 Å². The lowest BCUT2D eigenvalue weighted by atomic mass is 10.1. The molecule has 3 nitrogen and oxygen atoms in total. The third-order valence-corrected chi connectivity index (χ3v) is 2.59. The van der Waals surface area contributed by atoms with Crippen LogP contribution in [0.1, 0.15) is 5.69 Å². The summed E-state index contributed by atoms with van der Waals surface area (Å²) in [4.78, 5) is 13.3. The minimum absolute atomic E-state index is 0.00303. The van der Waals surface area contributed by atoms with Crippen molar-refractivity contribution in [3.05, 3.63) is 52.4 Å². The molecular formula is C13H7F6NO2. The van der Waals surface area contributed by atoms with Crippen LogP contribution in [0.2, 0.25) is 0 Å². The second-order valence-electron chi connectivity index (χ2n) is 4.19. The Hall–Kier alpha value is -2.45. The van der Waals surface area contributed by atoms with E-state index >= 15 is 0 Å². The van der Waals surface area contributed by atoms with Gasteiger partial charge in [-0.1, -0.05) is 12.1 Å². The maximum Gasteiger partial charge on any atom is 0.573 e. The van der Waals surface area contributed by atoms with Crippen LogP contribution in [-0.4, -0.2) is 11.3 Å². The number of rotatable bonds is 2. The number of nitrogens with one attached hydrogen (secondary N) is 1. The molecule has 0 amide bonds. The first-order chi connectivity index (χ1) is 10.1. The molecule has 0 unspecified atom stereocenters. The van der Waals surface area contributed by atoms with Crippen molar-refractivity contribution in [1.82, 2.24) is 4.98 Å². The van der Waals surface area contributed by atoms with Gasteiger partial charge in [-0.2, -0.15) is 13.2 Å². The van der Waals surface area contributed by atoms with Crippen molar-refractivity contribution >= 4 is 0 Å². The highest BCUT2D eigenvalue weighted by Gasteiger charge is 2.32. The number of hydrogen-bond acceptors (Lipinski definition) is 2. The number of aromatic nitrogens is 1. The Morgan fingerprint density at radius 1 is 0.955 bits per heavy atom. The molecule has 0 fully saturated rings. The zero-order valence-corrected chi connectivity index (χ0v) is 10.5. The van der Waals surface area contributed by atoms with Crippen LogP contribution >= 0.6 is 0 Å². The van der Waals surface area contributed by atoms with Crippen molar-refractivity contribution in [3.8, 4) is 16.9 Å². The van der Waals surface area contributed by atoms with E-state index in [0.717, 1.165) is 18.2 Å². The Morgan fingerprint density at radius 3 is 2.18 bits per heavy atom. The first-order valence-corrected chi connectivity index (χ1v) is 5.73. The molecule has 2 aromatic rings. The molecule has 0 spiro atoms. The van der Waals surface area contributed by atoms with E-state index < -0.39 is 29.5 Å². The number of alkyl halides is 6. The van der Waals surface area contributed by atoms with Crippen molar-refractivity contribution in [2.45, 2.75) is 12.5 Å². The molecule has 2 rings (SSSR count). The van der Waals surface area contributed by atoms with Crippen molar-refractivity contribution in [2.75, 3.05) is 0 Å². The maximum absolute atomic E-state index is 12.4. The van der Waals surface area contributed by atoms with E-state index in [1.165, 1.54) is 12.1 Å². The summed E-state index contributed by atoms with van der Waals surface area (Å²) in [6.07, 6.45) is -9.63. The first-order valence-electron chi connectivity index (χ1n) is 5.73. The molecule has 0 radical (unpaired) electrons. The molecule has 0 saturated carbocycles. The van der Waals surface area contributed by atoms with Gasteiger partial charge in [0.15, 0.2) is 0 Å². The van der Waals surface area contributed by atoms with Gasteiger partial charge >= 0.3 is 12.5 Å². The van der Waals surface area contributed by atoms with Crippen LogP contribution in [0.4, 0.5) is 26.3 Å². The highest BCUT2D eigenvalue weighted by atomic mass is 19.4. The lowest BCUT2D eigenvalue weighted by Crippen LogP contribution is -2.18. The summed E-state index contributed by atoms with van der Waals surface area (Å²) in [5.41, 5.74) is -2.53. The molecule has 0 saturated heterocycles. The molecule has 0 aliphatic carbocycles. The monoisotopic (exact) mass is 323 g/mol. The number of pyridine rings is 1. The summed E-state index contributed by atoms with van der Waals surface area (Å²) < 4.78 is 77.4. The summed E-state index contributed by atoms with van der Waals surface area (Å²) in [5.74, 6) is -0.579. The van der Waals surface area contributed by atoms with E-state index in [0.29, 0.717) is 6.07 Å². The van der Waals surface area contributed by atoms with Crippen LogP contribution in [0.25, 0.3) is 11.1 Å². The van der Waals surface area contributed by atoms with Crippen LogP contribution in [0.5, 0.6) is 5.75 Å². The zero-order valence-electron chi connectivity index (χ0n) is 10.5. The normalized spacial score (nSPS) is 12.3. The van der Waals surface area contributed by atoms with Gasteiger partial charge in [-0.15, -0.1) is 13.2 Å². The van der Waals surface area contributed by atoms with E-state index in [-0.39, 0.29) is 11.1 Å². The van der Waals surface area contributed by atoms with E-state index in [9.17, 15) is 31.1 Å². The molecule has 1 aromatic carbocycles. The SMILES string of the molecule is O=c1[nH]c(C(F)(F)F)ccc1-c1cccc(OC(F)(F)F)c1. The predicted molar refractivity (Wildman–Crippen MR) is 64.2 cm³/mol. The topological polar surface area (TPSA) is 42.1 Å². The summed E-state index contributed by atoms with van der Waals surface area (Å²) in [7, 11) is 0. The Bertz CT molecular complexity index is 732. The molecule has 1 heterocycles.